The van der Waals surface area contributed by atoms with E-state index in [0.717, 1.165) is 11.3 Å². The summed E-state index contributed by atoms with van der Waals surface area (Å²) < 4.78 is 20.2. The first-order valence-electron chi connectivity index (χ1n) is 10.0. The molecule has 0 bridgehead atoms. The van der Waals surface area contributed by atoms with Crippen LogP contribution in [0.4, 0.5) is 4.39 Å². The van der Waals surface area contributed by atoms with Crippen LogP contribution in [0.2, 0.25) is 0 Å². The summed E-state index contributed by atoms with van der Waals surface area (Å²) in [6, 6.07) is 4.12. The predicted molar refractivity (Wildman–Crippen MR) is 119 cm³/mol. The van der Waals surface area contributed by atoms with Crippen molar-refractivity contribution in [1.29, 1.82) is 0 Å². The monoisotopic (exact) mass is 444 g/mol. The topological polar surface area (TPSA) is 78.3 Å². The average Bonchev–Trinajstić information content (AvgIpc) is 3.02. The Balaban J connectivity index is 2.13. The van der Waals surface area contributed by atoms with E-state index < -0.39 is 11.8 Å². The number of Topliss-reactive ketones (excluding diaryl/α,β-unsaturated/α-hetero) is 1. The Labute approximate surface area is 183 Å². The summed E-state index contributed by atoms with van der Waals surface area (Å²) in [5.74, 6) is -0.886. The van der Waals surface area contributed by atoms with Crippen LogP contribution in [0.15, 0.2) is 23.0 Å². The molecule has 0 N–H and O–H groups in total. The molecule has 0 aliphatic heterocycles. The molecule has 0 amide bonds. The van der Waals surface area contributed by atoms with Crippen molar-refractivity contribution in [3.63, 3.8) is 0 Å². The molecule has 8 heteroatoms. The molecule has 0 unspecified atom stereocenters. The molecule has 3 aromatic rings. The molecule has 164 valence electrons. The molecule has 3 rings (SSSR count). The summed E-state index contributed by atoms with van der Waals surface area (Å²) in [7, 11) is 0. The summed E-state index contributed by atoms with van der Waals surface area (Å²) in [5, 5.41) is 0.313. The fourth-order valence-electron chi connectivity index (χ4n) is 3.34. The molecule has 0 aliphatic carbocycles. The van der Waals surface area contributed by atoms with Crippen molar-refractivity contribution < 1.29 is 18.7 Å². The third-order valence-corrected chi connectivity index (χ3v) is 6.07. The zero-order chi connectivity index (χ0) is 23.0. The summed E-state index contributed by atoms with van der Waals surface area (Å²) >= 11 is 1.12. The number of thiophene rings is 1. The van der Waals surface area contributed by atoms with Crippen LogP contribution in [-0.4, -0.2) is 27.4 Å². The highest BCUT2D eigenvalue weighted by molar-refractivity contribution is 7.20. The van der Waals surface area contributed by atoms with Gasteiger partial charge in [0.2, 0.25) is 0 Å². The lowest BCUT2D eigenvalue weighted by molar-refractivity contribution is 0.0383. The third kappa shape index (κ3) is 4.44. The Morgan fingerprint density at radius 1 is 1.19 bits per heavy atom. The first kappa shape index (κ1) is 22.8. The number of fused-ring (bicyclic) bond motifs is 1. The number of nitrogens with zero attached hydrogens (tertiary/aromatic N) is 2. The van der Waals surface area contributed by atoms with Crippen molar-refractivity contribution >= 4 is 33.3 Å². The second kappa shape index (κ2) is 8.70. The molecule has 2 heterocycles. The van der Waals surface area contributed by atoms with Gasteiger partial charge < -0.3 is 4.74 Å². The lowest BCUT2D eigenvalue weighted by atomic mass is 10.1. The van der Waals surface area contributed by atoms with E-state index in [1.807, 2.05) is 13.8 Å². The highest BCUT2D eigenvalue weighted by Gasteiger charge is 2.24. The van der Waals surface area contributed by atoms with Crippen LogP contribution in [0.25, 0.3) is 10.2 Å². The molecule has 0 saturated heterocycles. The first-order valence-corrected chi connectivity index (χ1v) is 10.9. The Kier molecular flexibility index (Phi) is 6.40. The average molecular weight is 445 g/mol. The second-order valence-electron chi connectivity index (χ2n) is 8.09. The van der Waals surface area contributed by atoms with E-state index in [1.165, 1.54) is 22.8 Å². The van der Waals surface area contributed by atoms with Crippen LogP contribution in [-0.2, 0) is 11.3 Å². The van der Waals surface area contributed by atoms with Gasteiger partial charge in [-0.15, -0.1) is 11.3 Å². The van der Waals surface area contributed by atoms with Crippen molar-refractivity contribution in [2.75, 3.05) is 0 Å². The molecule has 31 heavy (non-hydrogen) atoms. The minimum Gasteiger partial charge on any atom is -0.459 e. The highest BCUT2D eigenvalue weighted by Crippen LogP contribution is 2.29. The fraction of sp³-hybridized carbons (Fsp3) is 0.391. The number of hydrogen-bond donors (Lipinski definition) is 0. The summed E-state index contributed by atoms with van der Waals surface area (Å²) in [6.07, 6.45) is -0.287. The van der Waals surface area contributed by atoms with Gasteiger partial charge in [0, 0.05) is 11.5 Å². The molecular formula is C23H25FN2O4S. The minimum atomic E-state index is -0.495. The van der Waals surface area contributed by atoms with Crippen molar-refractivity contribution in [2.24, 2.45) is 0 Å². The number of esters is 1. The van der Waals surface area contributed by atoms with Gasteiger partial charge in [0.25, 0.3) is 5.56 Å². The van der Waals surface area contributed by atoms with Gasteiger partial charge in [-0.3, -0.25) is 14.2 Å². The third-order valence-electron chi connectivity index (χ3n) is 4.91. The van der Waals surface area contributed by atoms with Gasteiger partial charge in [-0.2, -0.15) is 0 Å². The Morgan fingerprint density at radius 3 is 2.45 bits per heavy atom. The van der Waals surface area contributed by atoms with E-state index >= 15 is 0 Å². The van der Waals surface area contributed by atoms with Crippen LogP contribution in [0.1, 0.15) is 70.6 Å². The van der Waals surface area contributed by atoms with Crippen LogP contribution >= 0.6 is 11.3 Å². The highest BCUT2D eigenvalue weighted by atomic mass is 32.1. The van der Waals surface area contributed by atoms with E-state index in [1.54, 1.807) is 27.7 Å². The number of rotatable bonds is 6. The zero-order valence-corrected chi connectivity index (χ0v) is 19.2. The molecule has 0 aliphatic rings. The molecule has 6 nitrogen and oxygen atoms in total. The van der Waals surface area contributed by atoms with Crippen molar-refractivity contribution in [1.82, 2.24) is 9.55 Å². The van der Waals surface area contributed by atoms with Crippen molar-refractivity contribution in [2.45, 2.75) is 60.1 Å². The van der Waals surface area contributed by atoms with Gasteiger partial charge in [0.05, 0.1) is 18.0 Å². The largest absolute Gasteiger partial charge is 0.459 e. The first-order chi connectivity index (χ1) is 14.5. The SMILES string of the molecule is Cc1cc(C(=O)Cn2c(C(C)C)nc3sc(C(=O)OC(C)C)c(C)c3c2=O)ccc1F. The zero-order valence-electron chi connectivity index (χ0n) is 18.4. The smallest absolute Gasteiger partial charge is 0.348 e. The van der Waals surface area contributed by atoms with E-state index in [2.05, 4.69) is 4.98 Å². The summed E-state index contributed by atoms with van der Waals surface area (Å²) in [5.41, 5.74) is 0.803. The van der Waals surface area contributed by atoms with Gasteiger partial charge in [-0.1, -0.05) is 13.8 Å². The fourth-order valence-corrected chi connectivity index (χ4v) is 4.40. The Bertz CT molecular complexity index is 1240. The standard InChI is InChI=1S/C23H25FN2O4S/c1-11(2)20-25-21-18(14(6)19(31-21)23(29)30-12(3)4)22(28)26(20)10-17(27)15-7-8-16(24)13(5)9-15/h7-9,11-12H,10H2,1-6H3. The normalized spacial score (nSPS) is 11.5. The lowest BCUT2D eigenvalue weighted by Crippen LogP contribution is -2.29. The molecule has 0 saturated carbocycles. The van der Waals surface area contributed by atoms with E-state index in [0.29, 0.717) is 37.6 Å². The summed E-state index contributed by atoms with van der Waals surface area (Å²) in [4.78, 5) is 44.1. The molecule has 0 radical (unpaired) electrons. The number of aryl methyl sites for hydroxylation is 2. The second-order valence-corrected chi connectivity index (χ2v) is 9.09. The number of ketones is 1. The molecular weight excluding hydrogens is 419 g/mol. The number of carbonyl (C=O) groups excluding carboxylic acids is 2. The van der Waals surface area contributed by atoms with Gasteiger partial charge >= 0.3 is 5.97 Å². The Morgan fingerprint density at radius 2 is 1.87 bits per heavy atom. The van der Waals surface area contributed by atoms with E-state index in [-0.39, 0.29) is 29.9 Å². The molecule has 0 atom stereocenters. The van der Waals surface area contributed by atoms with Crippen LogP contribution in [0.3, 0.4) is 0 Å². The van der Waals surface area contributed by atoms with E-state index in [9.17, 15) is 18.8 Å². The number of carbonyl (C=O) groups is 2. The number of benzene rings is 1. The van der Waals surface area contributed by atoms with Gasteiger partial charge in [0.15, 0.2) is 5.78 Å². The number of hydrogen-bond acceptors (Lipinski definition) is 6. The molecule has 2 aromatic heterocycles. The van der Waals surface area contributed by atoms with Crippen LogP contribution in [0.5, 0.6) is 0 Å². The lowest BCUT2D eigenvalue weighted by Gasteiger charge is -2.14. The molecule has 1 aromatic carbocycles. The van der Waals surface area contributed by atoms with Crippen LogP contribution in [0, 0.1) is 19.7 Å². The minimum absolute atomic E-state index is 0.131. The van der Waals surface area contributed by atoms with Crippen LogP contribution < -0.4 is 5.56 Å². The van der Waals surface area contributed by atoms with E-state index in [4.69, 9.17) is 4.74 Å². The van der Waals surface area contributed by atoms with Gasteiger partial charge in [0.1, 0.15) is 21.3 Å². The maximum absolute atomic E-state index is 13.6. The molecule has 0 spiro atoms. The van der Waals surface area contributed by atoms with Gasteiger partial charge in [-0.05, 0) is 57.0 Å². The van der Waals surface area contributed by atoms with Crippen molar-refractivity contribution in [3.05, 3.63) is 61.8 Å². The molecule has 0 fully saturated rings. The number of aromatic nitrogens is 2. The van der Waals surface area contributed by atoms with Gasteiger partial charge in [-0.25, -0.2) is 14.2 Å². The number of halogens is 1. The quantitative estimate of drug-likeness (QED) is 0.404. The summed E-state index contributed by atoms with van der Waals surface area (Å²) in [6.45, 7) is 10.3. The predicted octanol–water partition coefficient (Wildman–Crippen LogP) is 4.79. The number of ether oxygens (including phenoxy) is 1. The Hall–Kier alpha value is -2.87. The van der Waals surface area contributed by atoms with Crippen molar-refractivity contribution in [3.8, 4) is 0 Å². The maximum atomic E-state index is 13.6. The maximum Gasteiger partial charge on any atom is 0.348 e.